The average Bonchev–Trinajstić information content (AvgIpc) is 2.91. The Morgan fingerprint density at radius 3 is 2.64 bits per heavy atom. The lowest BCUT2D eigenvalue weighted by atomic mass is 9.97. The summed E-state index contributed by atoms with van der Waals surface area (Å²) in [7, 11) is 0. The second-order valence-corrected chi connectivity index (χ2v) is 5.44. The third-order valence-electron chi connectivity index (χ3n) is 2.97. The van der Waals surface area contributed by atoms with Gasteiger partial charge in [-0.2, -0.15) is 0 Å². The van der Waals surface area contributed by atoms with Crippen LogP contribution in [0.2, 0.25) is 5.02 Å². The fourth-order valence-electron chi connectivity index (χ4n) is 1.70. The molecule has 1 fully saturated rings. The van der Waals surface area contributed by atoms with Crippen molar-refractivity contribution in [1.29, 1.82) is 0 Å². The highest BCUT2D eigenvalue weighted by Crippen LogP contribution is 2.48. The van der Waals surface area contributed by atoms with E-state index >= 15 is 0 Å². The fraction of sp³-hybridized carbons (Fsp3) is 0.455. The molecule has 2 rings (SSSR count). The maximum atomic E-state index is 6.15. The number of benzene rings is 1. The summed E-state index contributed by atoms with van der Waals surface area (Å²) in [6.07, 6.45) is 3.52. The molecular formula is C11H13BrClN. The van der Waals surface area contributed by atoms with Crippen LogP contribution in [0.3, 0.4) is 0 Å². The zero-order chi connectivity index (χ0) is 10.2. The summed E-state index contributed by atoms with van der Waals surface area (Å²) < 4.78 is 1.03. The van der Waals surface area contributed by atoms with Crippen LogP contribution in [0, 0.1) is 5.41 Å². The van der Waals surface area contributed by atoms with E-state index in [1.807, 2.05) is 12.1 Å². The summed E-state index contributed by atoms with van der Waals surface area (Å²) in [6, 6.07) is 6.07. The molecule has 1 saturated carbocycles. The molecule has 76 valence electrons. The molecule has 1 aliphatic rings. The molecule has 0 amide bonds. The molecule has 0 heterocycles. The van der Waals surface area contributed by atoms with Gasteiger partial charge >= 0.3 is 0 Å². The zero-order valence-electron chi connectivity index (χ0n) is 7.89. The van der Waals surface area contributed by atoms with Gasteiger partial charge in [0.15, 0.2) is 0 Å². The van der Waals surface area contributed by atoms with E-state index in [1.165, 1.54) is 18.4 Å². The van der Waals surface area contributed by atoms with E-state index in [1.54, 1.807) is 0 Å². The quantitative estimate of drug-likeness (QED) is 0.898. The standard InChI is InChI=1S/C11H13BrClN/c12-9-2-1-8(10(13)5-9)6-11(7-14)3-4-11/h1-2,5H,3-4,6-7,14H2. The minimum absolute atomic E-state index is 0.359. The van der Waals surface area contributed by atoms with Crippen LogP contribution >= 0.6 is 27.5 Å². The van der Waals surface area contributed by atoms with Gasteiger partial charge in [-0.3, -0.25) is 0 Å². The smallest absolute Gasteiger partial charge is 0.0449 e. The maximum absolute atomic E-state index is 6.15. The lowest BCUT2D eigenvalue weighted by Crippen LogP contribution is -2.18. The summed E-state index contributed by atoms with van der Waals surface area (Å²) in [5.41, 5.74) is 7.32. The van der Waals surface area contributed by atoms with Crippen LogP contribution in [0.25, 0.3) is 0 Å². The summed E-state index contributed by atoms with van der Waals surface area (Å²) in [4.78, 5) is 0. The van der Waals surface area contributed by atoms with E-state index in [4.69, 9.17) is 17.3 Å². The highest BCUT2D eigenvalue weighted by Gasteiger charge is 2.41. The first-order chi connectivity index (χ1) is 6.65. The lowest BCUT2D eigenvalue weighted by molar-refractivity contribution is 0.521. The van der Waals surface area contributed by atoms with E-state index in [0.717, 1.165) is 22.5 Å². The first-order valence-electron chi connectivity index (χ1n) is 4.79. The number of halogens is 2. The third kappa shape index (κ3) is 2.13. The molecule has 0 bridgehead atoms. The van der Waals surface area contributed by atoms with Gasteiger partial charge in [0.1, 0.15) is 0 Å². The van der Waals surface area contributed by atoms with Gasteiger partial charge in [-0.1, -0.05) is 33.6 Å². The van der Waals surface area contributed by atoms with Gasteiger partial charge in [-0.15, -0.1) is 0 Å². The van der Waals surface area contributed by atoms with Crippen molar-refractivity contribution in [2.45, 2.75) is 19.3 Å². The van der Waals surface area contributed by atoms with E-state index in [9.17, 15) is 0 Å². The number of nitrogens with two attached hydrogens (primary N) is 1. The molecule has 2 N–H and O–H groups in total. The molecule has 0 aliphatic heterocycles. The van der Waals surface area contributed by atoms with E-state index < -0.39 is 0 Å². The number of hydrogen-bond donors (Lipinski definition) is 1. The second-order valence-electron chi connectivity index (χ2n) is 4.12. The van der Waals surface area contributed by atoms with Crippen LogP contribution in [-0.2, 0) is 6.42 Å². The largest absolute Gasteiger partial charge is 0.330 e. The summed E-state index contributed by atoms with van der Waals surface area (Å²) in [6.45, 7) is 0.777. The van der Waals surface area contributed by atoms with Crippen molar-refractivity contribution in [3.8, 4) is 0 Å². The lowest BCUT2D eigenvalue weighted by Gasteiger charge is -2.13. The predicted molar refractivity (Wildman–Crippen MR) is 63.6 cm³/mol. The normalized spacial score (nSPS) is 18.2. The molecular weight excluding hydrogens is 261 g/mol. The molecule has 0 saturated heterocycles. The minimum atomic E-state index is 0.359. The number of rotatable bonds is 3. The van der Waals surface area contributed by atoms with Crippen molar-refractivity contribution < 1.29 is 0 Å². The molecule has 0 aromatic heterocycles. The molecule has 0 radical (unpaired) electrons. The fourth-order valence-corrected chi connectivity index (χ4v) is 2.44. The summed E-state index contributed by atoms with van der Waals surface area (Å²) >= 11 is 9.55. The van der Waals surface area contributed by atoms with Gasteiger partial charge in [-0.05, 0) is 48.9 Å². The van der Waals surface area contributed by atoms with Gasteiger partial charge in [-0.25, -0.2) is 0 Å². The van der Waals surface area contributed by atoms with Gasteiger partial charge in [0.2, 0.25) is 0 Å². The molecule has 0 unspecified atom stereocenters. The van der Waals surface area contributed by atoms with Crippen molar-refractivity contribution >= 4 is 27.5 Å². The molecule has 0 spiro atoms. The summed E-state index contributed by atoms with van der Waals surface area (Å²) in [5.74, 6) is 0. The van der Waals surface area contributed by atoms with Gasteiger partial charge in [0, 0.05) is 9.50 Å². The van der Waals surface area contributed by atoms with Crippen molar-refractivity contribution in [3.05, 3.63) is 33.3 Å². The monoisotopic (exact) mass is 273 g/mol. The van der Waals surface area contributed by atoms with E-state index in [-0.39, 0.29) is 0 Å². The maximum Gasteiger partial charge on any atom is 0.0449 e. The van der Waals surface area contributed by atoms with E-state index in [2.05, 4.69) is 22.0 Å². The SMILES string of the molecule is NCC1(Cc2ccc(Br)cc2Cl)CC1. The van der Waals surface area contributed by atoms with Crippen LogP contribution in [0.4, 0.5) is 0 Å². The summed E-state index contributed by atoms with van der Waals surface area (Å²) in [5, 5.41) is 0.846. The third-order valence-corrected chi connectivity index (χ3v) is 3.82. The van der Waals surface area contributed by atoms with Crippen molar-refractivity contribution in [1.82, 2.24) is 0 Å². The zero-order valence-corrected chi connectivity index (χ0v) is 10.2. The molecule has 0 atom stereocenters. The Morgan fingerprint density at radius 1 is 1.43 bits per heavy atom. The molecule has 1 aromatic carbocycles. The van der Waals surface area contributed by atoms with Gasteiger partial charge in [0.05, 0.1) is 0 Å². The molecule has 1 aromatic rings. The van der Waals surface area contributed by atoms with Gasteiger partial charge in [0.25, 0.3) is 0 Å². The van der Waals surface area contributed by atoms with Crippen molar-refractivity contribution in [2.24, 2.45) is 11.1 Å². The van der Waals surface area contributed by atoms with E-state index in [0.29, 0.717) is 5.41 Å². The van der Waals surface area contributed by atoms with Crippen LogP contribution < -0.4 is 5.73 Å². The van der Waals surface area contributed by atoms with Crippen molar-refractivity contribution in [2.75, 3.05) is 6.54 Å². The Hall–Kier alpha value is -0.0500. The Bertz CT molecular complexity index is 347. The Balaban J connectivity index is 2.17. The average molecular weight is 275 g/mol. The van der Waals surface area contributed by atoms with Crippen LogP contribution in [0.5, 0.6) is 0 Å². The minimum Gasteiger partial charge on any atom is -0.330 e. The van der Waals surface area contributed by atoms with Crippen LogP contribution in [0.1, 0.15) is 18.4 Å². The Morgan fingerprint density at radius 2 is 2.14 bits per heavy atom. The predicted octanol–water partition coefficient (Wildman–Crippen LogP) is 3.38. The first-order valence-corrected chi connectivity index (χ1v) is 5.96. The van der Waals surface area contributed by atoms with Crippen molar-refractivity contribution in [3.63, 3.8) is 0 Å². The number of hydrogen-bond acceptors (Lipinski definition) is 1. The van der Waals surface area contributed by atoms with Gasteiger partial charge < -0.3 is 5.73 Å². The Labute approximate surface area is 97.8 Å². The molecule has 1 nitrogen and oxygen atoms in total. The highest BCUT2D eigenvalue weighted by atomic mass is 79.9. The second kappa shape index (κ2) is 3.84. The molecule has 1 aliphatic carbocycles. The molecule has 3 heteroatoms. The van der Waals surface area contributed by atoms with Crippen LogP contribution in [0.15, 0.2) is 22.7 Å². The van der Waals surface area contributed by atoms with Crippen LogP contribution in [-0.4, -0.2) is 6.54 Å². The topological polar surface area (TPSA) is 26.0 Å². The highest BCUT2D eigenvalue weighted by molar-refractivity contribution is 9.10. The first kappa shape index (κ1) is 10.5. The molecule has 14 heavy (non-hydrogen) atoms. The Kier molecular flexibility index (Phi) is 2.87.